The lowest BCUT2D eigenvalue weighted by atomic mass is 10.0. The Morgan fingerprint density at radius 3 is 2.44 bits per heavy atom. The zero-order valence-corrected chi connectivity index (χ0v) is 9.79. The predicted molar refractivity (Wildman–Crippen MR) is 64.6 cm³/mol. The van der Waals surface area contributed by atoms with Gasteiger partial charge in [0.2, 0.25) is 0 Å². The third kappa shape index (κ3) is 2.26. The average Bonchev–Trinajstić information content (AvgIpc) is 2.70. The quantitative estimate of drug-likeness (QED) is 0.603. The highest BCUT2D eigenvalue weighted by molar-refractivity contribution is 5.34. The Labute approximate surface area is 96.3 Å². The van der Waals surface area contributed by atoms with Gasteiger partial charge in [-0.2, -0.15) is 0 Å². The number of nitrogens with one attached hydrogen (secondary N) is 1. The van der Waals surface area contributed by atoms with E-state index in [1.807, 2.05) is 0 Å². The van der Waals surface area contributed by atoms with Crippen LogP contribution in [0.15, 0.2) is 30.0 Å². The van der Waals surface area contributed by atoms with Gasteiger partial charge in [-0.1, -0.05) is 29.3 Å². The van der Waals surface area contributed by atoms with Gasteiger partial charge in [0.05, 0.1) is 6.61 Å². The number of nitrogens with two attached hydrogens (primary N) is 1. The molecule has 16 heavy (non-hydrogen) atoms. The maximum Gasteiger partial charge on any atom is 0.115 e. The monoisotopic (exact) mass is 218 g/mol. The van der Waals surface area contributed by atoms with E-state index in [-0.39, 0.29) is 6.04 Å². The third-order valence-corrected chi connectivity index (χ3v) is 2.76. The second kappa shape index (κ2) is 4.68. The molecule has 0 radical (unpaired) electrons. The van der Waals surface area contributed by atoms with Crippen molar-refractivity contribution in [2.45, 2.75) is 26.3 Å². The van der Waals surface area contributed by atoms with Crippen molar-refractivity contribution in [3.8, 4) is 0 Å². The van der Waals surface area contributed by atoms with Gasteiger partial charge in [-0.25, -0.2) is 5.43 Å². The van der Waals surface area contributed by atoms with Crippen LogP contribution in [-0.2, 0) is 4.74 Å². The zero-order valence-electron chi connectivity index (χ0n) is 9.79. The highest BCUT2D eigenvalue weighted by Crippen LogP contribution is 2.27. The fourth-order valence-corrected chi connectivity index (χ4v) is 2.16. The Balaban J connectivity index is 2.32. The molecule has 1 heterocycles. The van der Waals surface area contributed by atoms with Crippen LogP contribution in [-0.4, -0.2) is 6.61 Å². The van der Waals surface area contributed by atoms with Crippen LogP contribution in [0.25, 0.3) is 0 Å². The molecule has 1 aromatic rings. The summed E-state index contributed by atoms with van der Waals surface area (Å²) in [7, 11) is 0. The number of benzene rings is 1. The number of hydrogen-bond donors (Lipinski definition) is 2. The summed E-state index contributed by atoms with van der Waals surface area (Å²) in [6.07, 6.45) is 3.07. The fourth-order valence-electron chi connectivity index (χ4n) is 2.16. The number of hydrogen-bond acceptors (Lipinski definition) is 3. The molecule has 0 fully saturated rings. The average molecular weight is 218 g/mol. The second-order valence-electron chi connectivity index (χ2n) is 4.26. The Morgan fingerprint density at radius 2 is 1.94 bits per heavy atom. The molecule has 1 aliphatic heterocycles. The molecule has 2 rings (SSSR count). The molecule has 0 aliphatic carbocycles. The standard InChI is InChI=1S/C13H18N2O/c1-9-6-10(2)8-11(7-9)13(15-14)12-4-3-5-16-12/h4,6-8,13,15H,3,5,14H2,1-2H3. The van der Waals surface area contributed by atoms with Crippen molar-refractivity contribution in [2.24, 2.45) is 5.84 Å². The van der Waals surface area contributed by atoms with E-state index in [0.29, 0.717) is 0 Å². The number of aryl methyl sites for hydroxylation is 2. The van der Waals surface area contributed by atoms with Gasteiger partial charge in [0.25, 0.3) is 0 Å². The SMILES string of the molecule is Cc1cc(C)cc(C(NN)C2=CCCO2)c1. The summed E-state index contributed by atoms with van der Waals surface area (Å²) >= 11 is 0. The lowest BCUT2D eigenvalue weighted by Gasteiger charge is -2.18. The van der Waals surface area contributed by atoms with E-state index in [1.54, 1.807) is 0 Å². The molecule has 3 N–H and O–H groups in total. The van der Waals surface area contributed by atoms with Gasteiger partial charge in [0.1, 0.15) is 11.8 Å². The smallest absolute Gasteiger partial charge is 0.115 e. The summed E-state index contributed by atoms with van der Waals surface area (Å²) in [4.78, 5) is 0. The van der Waals surface area contributed by atoms with E-state index < -0.39 is 0 Å². The third-order valence-electron chi connectivity index (χ3n) is 2.76. The molecule has 1 aliphatic rings. The van der Waals surface area contributed by atoms with E-state index in [2.05, 4.69) is 43.5 Å². The van der Waals surface area contributed by atoms with E-state index >= 15 is 0 Å². The molecule has 0 spiro atoms. The molecular weight excluding hydrogens is 200 g/mol. The van der Waals surface area contributed by atoms with Crippen molar-refractivity contribution in [2.75, 3.05) is 6.61 Å². The fraction of sp³-hybridized carbons (Fsp3) is 0.385. The van der Waals surface area contributed by atoms with Gasteiger partial charge in [-0.15, -0.1) is 0 Å². The van der Waals surface area contributed by atoms with Crippen LogP contribution in [0.2, 0.25) is 0 Å². The normalized spacial score (nSPS) is 16.8. The van der Waals surface area contributed by atoms with E-state index in [4.69, 9.17) is 10.6 Å². The minimum atomic E-state index is -0.0268. The molecule has 0 saturated carbocycles. The molecular formula is C13H18N2O. The molecule has 3 nitrogen and oxygen atoms in total. The van der Waals surface area contributed by atoms with Gasteiger partial charge in [0.15, 0.2) is 0 Å². The largest absolute Gasteiger partial charge is 0.496 e. The van der Waals surface area contributed by atoms with Gasteiger partial charge >= 0.3 is 0 Å². The Morgan fingerprint density at radius 1 is 1.25 bits per heavy atom. The molecule has 0 aromatic heterocycles. The highest BCUT2D eigenvalue weighted by Gasteiger charge is 2.19. The topological polar surface area (TPSA) is 47.3 Å². The first kappa shape index (κ1) is 11.2. The molecule has 0 saturated heterocycles. The van der Waals surface area contributed by atoms with Crippen molar-refractivity contribution in [3.05, 3.63) is 46.7 Å². The van der Waals surface area contributed by atoms with Gasteiger partial charge in [-0.05, 0) is 25.5 Å². The van der Waals surface area contributed by atoms with Gasteiger partial charge < -0.3 is 4.74 Å². The number of hydrazine groups is 1. The zero-order chi connectivity index (χ0) is 11.5. The molecule has 1 unspecified atom stereocenters. The Hall–Kier alpha value is -1.32. The van der Waals surface area contributed by atoms with E-state index in [9.17, 15) is 0 Å². The summed E-state index contributed by atoms with van der Waals surface area (Å²) in [5.74, 6) is 6.55. The van der Waals surface area contributed by atoms with Crippen LogP contribution in [0.1, 0.15) is 29.2 Å². The van der Waals surface area contributed by atoms with Gasteiger partial charge in [0, 0.05) is 6.42 Å². The lowest BCUT2D eigenvalue weighted by molar-refractivity contribution is 0.215. The summed E-state index contributed by atoms with van der Waals surface area (Å²) in [5.41, 5.74) is 6.47. The minimum Gasteiger partial charge on any atom is -0.496 e. The molecule has 86 valence electrons. The molecule has 3 heteroatoms. The lowest BCUT2D eigenvalue weighted by Crippen LogP contribution is -2.29. The van der Waals surface area contributed by atoms with E-state index in [1.165, 1.54) is 11.1 Å². The molecule has 1 atom stereocenters. The Bertz CT molecular complexity index is 392. The molecule has 1 aromatic carbocycles. The van der Waals surface area contributed by atoms with Crippen molar-refractivity contribution >= 4 is 0 Å². The molecule has 0 amide bonds. The molecule has 0 bridgehead atoms. The predicted octanol–water partition coefficient (Wildman–Crippen LogP) is 2.11. The van der Waals surface area contributed by atoms with Gasteiger partial charge in [-0.3, -0.25) is 5.84 Å². The van der Waals surface area contributed by atoms with Crippen LogP contribution >= 0.6 is 0 Å². The van der Waals surface area contributed by atoms with E-state index in [0.717, 1.165) is 24.4 Å². The summed E-state index contributed by atoms with van der Waals surface area (Å²) < 4.78 is 5.56. The van der Waals surface area contributed by atoms with Crippen molar-refractivity contribution in [1.82, 2.24) is 5.43 Å². The first-order valence-electron chi connectivity index (χ1n) is 5.58. The summed E-state index contributed by atoms with van der Waals surface area (Å²) in [5, 5.41) is 0. The van der Waals surface area contributed by atoms with Crippen molar-refractivity contribution in [1.29, 1.82) is 0 Å². The Kier molecular flexibility index (Phi) is 3.27. The summed E-state index contributed by atoms with van der Waals surface area (Å²) in [6, 6.07) is 6.40. The summed E-state index contributed by atoms with van der Waals surface area (Å²) in [6.45, 7) is 4.94. The second-order valence-corrected chi connectivity index (χ2v) is 4.26. The first-order valence-corrected chi connectivity index (χ1v) is 5.58. The number of ether oxygens (including phenoxy) is 1. The van der Waals surface area contributed by atoms with Crippen molar-refractivity contribution < 1.29 is 4.74 Å². The van der Waals surface area contributed by atoms with Crippen LogP contribution in [0.3, 0.4) is 0 Å². The maximum absolute atomic E-state index is 5.61. The maximum atomic E-state index is 5.61. The first-order chi connectivity index (χ1) is 7.70. The number of rotatable bonds is 3. The highest BCUT2D eigenvalue weighted by atomic mass is 16.5. The van der Waals surface area contributed by atoms with Crippen LogP contribution in [0, 0.1) is 13.8 Å². The van der Waals surface area contributed by atoms with Crippen molar-refractivity contribution in [3.63, 3.8) is 0 Å². The minimum absolute atomic E-state index is 0.0268. The van der Waals surface area contributed by atoms with Crippen LogP contribution in [0.5, 0.6) is 0 Å². The van der Waals surface area contributed by atoms with Crippen LogP contribution < -0.4 is 11.3 Å². The van der Waals surface area contributed by atoms with Crippen LogP contribution in [0.4, 0.5) is 0 Å².